The minimum atomic E-state index is -0.333. The molecule has 0 spiro atoms. The maximum atomic E-state index is 11.4. The van der Waals surface area contributed by atoms with Gasteiger partial charge in [-0.2, -0.15) is 0 Å². The standard InChI is InChI=1S/C15H16N4O2/c1-16-13-7-8-19-9-12(17-15(19)18-13)10-3-5-11(6-4-10)14(20)21-2/h3-9,15,17H,1-2H3,(H,16,18). The van der Waals surface area contributed by atoms with Crippen LogP contribution in [0, 0.1) is 0 Å². The van der Waals surface area contributed by atoms with Crippen molar-refractivity contribution in [3.05, 3.63) is 53.9 Å². The average molecular weight is 284 g/mol. The van der Waals surface area contributed by atoms with E-state index < -0.39 is 0 Å². The molecule has 1 atom stereocenters. The van der Waals surface area contributed by atoms with Crippen molar-refractivity contribution in [3.8, 4) is 0 Å². The molecule has 1 aromatic carbocycles. The van der Waals surface area contributed by atoms with E-state index in [9.17, 15) is 4.79 Å². The number of ether oxygens (including phenoxy) is 1. The van der Waals surface area contributed by atoms with Gasteiger partial charge in [0.15, 0.2) is 6.29 Å². The van der Waals surface area contributed by atoms with Crippen LogP contribution in [0.25, 0.3) is 5.70 Å². The Bertz CT molecular complexity index is 646. The van der Waals surface area contributed by atoms with E-state index in [0.717, 1.165) is 17.1 Å². The number of amidine groups is 1. The smallest absolute Gasteiger partial charge is 0.337 e. The van der Waals surface area contributed by atoms with Gasteiger partial charge >= 0.3 is 5.97 Å². The molecule has 2 aliphatic heterocycles. The molecule has 0 bridgehead atoms. The van der Waals surface area contributed by atoms with Gasteiger partial charge in [-0.05, 0) is 23.8 Å². The summed E-state index contributed by atoms with van der Waals surface area (Å²) in [5.41, 5.74) is 2.52. The van der Waals surface area contributed by atoms with E-state index in [1.54, 1.807) is 19.2 Å². The van der Waals surface area contributed by atoms with Crippen molar-refractivity contribution in [2.75, 3.05) is 14.2 Å². The Kier molecular flexibility index (Phi) is 3.35. The van der Waals surface area contributed by atoms with Crippen LogP contribution in [-0.2, 0) is 4.74 Å². The van der Waals surface area contributed by atoms with Crippen molar-refractivity contribution in [1.82, 2.24) is 15.5 Å². The third-order valence-electron chi connectivity index (χ3n) is 3.42. The van der Waals surface area contributed by atoms with Gasteiger partial charge in [0.1, 0.15) is 5.84 Å². The van der Waals surface area contributed by atoms with Crippen molar-refractivity contribution in [2.24, 2.45) is 4.99 Å². The van der Waals surface area contributed by atoms with E-state index in [-0.39, 0.29) is 12.3 Å². The Labute approximate surface area is 122 Å². The first-order chi connectivity index (χ1) is 10.2. The number of hydrogen-bond acceptors (Lipinski definition) is 5. The molecule has 1 aromatic rings. The Morgan fingerprint density at radius 3 is 2.71 bits per heavy atom. The van der Waals surface area contributed by atoms with Gasteiger partial charge in [-0.15, -0.1) is 0 Å². The molecule has 21 heavy (non-hydrogen) atoms. The summed E-state index contributed by atoms with van der Waals surface area (Å²) in [6.07, 6.45) is 5.85. The number of aliphatic imine (C=N–C) groups is 1. The Hall–Kier alpha value is -2.76. The summed E-state index contributed by atoms with van der Waals surface area (Å²) in [5, 5.41) is 6.62. The van der Waals surface area contributed by atoms with E-state index >= 15 is 0 Å². The molecule has 0 aromatic heterocycles. The predicted molar refractivity (Wildman–Crippen MR) is 80.2 cm³/mol. The van der Waals surface area contributed by atoms with Crippen LogP contribution in [0.1, 0.15) is 15.9 Å². The quantitative estimate of drug-likeness (QED) is 0.796. The van der Waals surface area contributed by atoms with Gasteiger partial charge in [0, 0.05) is 19.4 Å². The number of methoxy groups -OCH3 is 1. The number of nitrogens with zero attached hydrogens (tertiary/aromatic N) is 2. The van der Waals surface area contributed by atoms with E-state index in [1.807, 2.05) is 35.5 Å². The summed E-state index contributed by atoms with van der Waals surface area (Å²) < 4.78 is 4.69. The predicted octanol–water partition coefficient (Wildman–Crippen LogP) is 1.11. The van der Waals surface area contributed by atoms with Crippen LogP contribution in [0.15, 0.2) is 47.7 Å². The molecule has 0 radical (unpaired) electrons. The lowest BCUT2D eigenvalue weighted by atomic mass is 10.1. The van der Waals surface area contributed by atoms with Crippen molar-refractivity contribution in [3.63, 3.8) is 0 Å². The molecule has 2 heterocycles. The second-order valence-corrected chi connectivity index (χ2v) is 4.67. The molecule has 2 N–H and O–H groups in total. The van der Waals surface area contributed by atoms with Gasteiger partial charge in [-0.25, -0.2) is 4.79 Å². The molecular weight excluding hydrogens is 268 g/mol. The summed E-state index contributed by atoms with van der Waals surface area (Å²) in [4.78, 5) is 17.6. The highest BCUT2D eigenvalue weighted by Gasteiger charge is 2.25. The first kappa shape index (κ1) is 13.2. The van der Waals surface area contributed by atoms with Crippen LogP contribution in [-0.4, -0.2) is 37.2 Å². The van der Waals surface area contributed by atoms with Crippen molar-refractivity contribution in [1.29, 1.82) is 0 Å². The molecule has 1 unspecified atom stereocenters. The van der Waals surface area contributed by atoms with E-state index in [0.29, 0.717) is 5.56 Å². The summed E-state index contributed by atoms with van der Waals surface area (Å²) in [5.74, 6) is 0.500. The molecule has 0 aliphatic carbocycles. The first-order valence-electron chi connectivity index (χ1n) is 6.57. The fourth-order valence-corrected chi connectivity index (χ4v) is 2.27. The monoisotopic (exact) mass is 284 g/mol. The van der Waals surface area contributed by atoms with Crippen molar-refractivity contribution >= 4 is 17.5 Å². The van der Waals surface area contributed by atoms with Crippen LogP contribution >= 0.6 is 0 Å². The van der Waals surface area contributed by atoms with Crippen LogP contribution in [0.3, 0.4) is 0 Å². The lowest BCUT2D eigenvalue weighted by Gasteiger charge is -2.27. The highest BCUT2D eigenvalue weighted by atomic mass is 16.5. The number of benzene rings is 1. The fourth-order valence-electron chi connectivity index (χ4n) is 2.27. The molecule has 108 valence electrons. The van der Waals surface area contributed by atoms with Gasteiger partial charge in [-0.3, -0.25) is 4.99 Å². The van der Waals surface area contributed by atoms with Gasteiger partial charge in [0.2, 0.25) is 0 Å². The molecule has 6 heteroatoms. The largest absolute Gasteiger partial charge is 0.465 e. The Morgan fingerprint density at radius 1 is 1.29 bits per heavy atom. The molecule has 2 aliphatic rings. The third kappa shape index (κ3) is 2.47. The van der Waals surface area contributed by atoms with Gasteiger partial charge < -0.3 is 20.3 Å². The summed E-state index contributed by atoms with van der Waals surface area (Å²) in [7, 11) is 3.12. The van der Waals surface area contributed by atoms with Crippen LogP contribution in [0.4, 0.5) is 0 Å². The molecule has 0 fully saturated rings. The third-order valence-corrected chi connectivity index (χ3v) is 3.42. The van der Waals surface area contributed by atoms with Crippen LogP contribution in [0.2, 0.25) is 0 Å². The number of carbonyl (C=O) groups excluding carboxylic acids is 1. The number of hydrogen-bond donors (Lipinski definition) is 2. The fraction of sp³-hybridized carbons (Fsp3) is 0.200. The molecular formula is C15H16N4O2. The molecule has 0 amide bonds. The molecule has 3 rings (SSSR count). The zero-order valence-electron chi connectivity index (χ0n) is 11.8. The number of rotatable bonds is 2. The highest BCUT2D eigenvalue weighted by Crippen LogP contribution is 2.22. The lowest BCUT2D eigenvalue weighted by molar-refractivity contribution is 0.0600. The maximum Gasteiger partial charge on any atom is 0.337 e. The maximum absolute atomic E-state index is 11.4. The number of fused-ring (bicyclic) bond motifs is 1. The summed E-state index contributed by atoms with van der Waals surface area (Å²) in [6, 6.07) is 7.29. The topological polar surface area (TPSA) is 66.0 Å². The van der Waals surface area contributed by atoms with Crippen molar-refractivity contribution in [2.45, 2.75) is 6.29 Å². The minimum absolute atomic E-state index is 0.0380. The van der Waals surface area contributed by atoms with E-state index in [1.165, 1.54) is 7.11 Å². The zero-order valence-corrected chi connectivity index (χ0v) is 11.8. The van der Waals surface area contributed by atoms with Gasteiger partial charge in [0.25, 0.3) is 0 Å². The Morgan fingerprint density at radius 2 is 2.05 bits per heavy atom. The second-order valence-electron chi connectivity index (χ2n) is 4.67. The Balaban J connectivity index is 1.78. The van der Waals surface area contributed by atoms with E-state index in [4.69, 9.17) is 4.74 Å². The molecule has 6 nitrogen and oxygen atoms in total. The summed E-state index contributed by atoms with van der Waals surface area (Å²) >= 11 is 0. The SMILES string of the molecule is CN=C1C=CN2C=C(c3ccc(C(=O)OC)cc3)NC2N1. The minimum Gasteiger partial charge on any atom is -0.465 e. The average Bonchev–Trinajstić information content (AvgIpc) is 2.97. The van der Waals surface area contributed by atoms with Gasteiger partial charge in [0.05, 0.1) is 18.4 Å². The van der Waals surface area contributed by atoms with Gasteiger partial charge in [-0.1, -0.05) is 12.1 Å². The van der Waals surface area contributed by atoms with Crippen LogP contribution < -0.4 is 10.6 Å². The number of carbonyl (C=O) groups is 1. The second kappa shape index (κ2) is 5.32. The first-order valence-corrected chi connectivity index (χ1v) is 6.57. The summed E-state index contributed by atoms with van der Waals surface area (Å²) in [6.45, 7) is 0. The molecule has 0 saturated carbocycles. The number of esters is 1. The normalized spacial score (nSPS) is 21.4. The van der Waals surface area contributed by atoms with E-state index in [2.05, 4.69) is 15.6 Å². The lowest BCUT2D eigenvalue weighted by Crippen LogP contribution is -2.50. The van der Waals surface area contributed by atoms with Crippen molar-refractivity contribution < 1.29 is 9.53 Å². The van der Waals surface area contributed by atoms with Crippen LogP contribution in [0.5, 0.6) is 0 Å². The molecule has 0 saturated heterocycles. The highest BCUT2D eigenvalue weighted by molar-refractivity contribution is 5.94. The zero-order chi connectivity index (χ0) is 14.8. The number of nitrogens with one attached hydrogen (secondary N) is 2.